The van der Waals surface area contributed by atoms with Gasteiger partial charge < -0.3 is 35.5 Å². The van der Waals surface area contributed by atoms with E-state index < -0.39 is 11.5 Å². The van der Waals surface area contributed by atoms with E-state index in [1.54, 1.807) is 49.2 Å². The van der Waals surface area contributed by atoms with Crippen molar-refractivity contribution in [3.8, 4) is 11.5 Å². The van der Waals surface area contributed by atoms with E-state index in [0.29, 0.717) is 54.2 Å². The number of aromatic nitrogens is 3. The molecule has 3 aromatic rings. The number of imidazole rings is 1. The van der Waals surface area contributed by atoms with Crippen molar-refractivity contribution in [3.63, 3.8) is 0 Å². The second kappa shape index (κ2) is 12.4. The molecular formula is C28H39N7O5. The number of ether oxygens (including phenoxy) is 3. The Hall–Kier alpha value is -4.06. The zero-order chi connectivity index (χ0) is 28.9. The van der Waals surface area contributed by atoms with Gasteiger partial charge in [0, 0.05) is 49.4 Å². The minimum absolute atomic E-state index is 0.164. The molecule has 1 aliphatic rings. The minimum Gasteiger partial charge on any atom is -0.497 e. The highest BCUT2D eigenvalue weighted by Gasteiger charge is 2.24. The molecule has 4 N–H and O–H groups in total. The van der Waals surface area contributed by atoms with Crippen LogP contribution >= 0.6 is 0 Å². The van der Waals surface area contributed by atoms with E-state index in [1.165, 1.54) is 0 Å². The van der Waals surface area contributed by atoms with Gasteiger partial charge in [-0.3, -0.25) is 14.0 Å². The van der Waals surface area contributed by atoms with Crippen LogP contribution in [0.25, 0.3) is 5.65 Å². The molecule has 1 saturated heterocycles. The number of amides is 1. The van der Waals surface area contributed by atoms with E-state index in [2.05, 4.69) is 20.5 Å². The van der Waals surface area contributed by atoms with Gasteiger partial charge >= 0.3 is 5.97 Å². The molecule has 0 spiro atoms. The number of carbonyl (C=O) groups excluding carboxylic acids is 2. The quantitative estimate of drug-likeness (QED) is 0.302. The molecular weight excluding hydrogens is 514 g/mol. The second-order valence-corrected chi connectivity index (χ2v) is 10.9. The molecule has 12 heteroatoms. The number of hydrogen-bond donors (Lipinski definition) is 3. The maximum absolute atomic E-state index is 12.5. The summed E-state index contributed by atoms with van der Waals surface area (Å²) < 4.78 is 17.9. The highest BCUT2D eigenvalue weighted by molar-refractivity contribution is 6.04. The summed E-state index contributed by atoms with van der Waals surface area (Å²) in [5.74, 6) is 1.60. The molecule has 40 heavy (non-hydrogen) atoms. The van der Waals surface area contributed by atoms with Crippen molar-refractivity contribution in [3.05, 3.63) is 36.2 Å². The summed E-state index contributed by atoms with van der Waals surface area (Å²) in [6.07, 6.45) is 5.72. The molecule has 216 valence electrons. The van der Waals surface area contributed by atoms with Crippen LogP contribution in [0.1, 0.15) is 50.4 Å². The summed E-state index contributed by atoms with van der Waals surface area (Å²) in [6.45, 7) is 8.86. The zero-order valence-electron chi connectivity index (χ0n) is 23.8. The van der Waals surface area contributed by atoms with Crippen molar-refractivity contribution in [2.24, 2.45) is 11.7 Å². The van der Waals surface area contributed by atoms with Crippen LogP contribution in [-0.4, -0.2) is 77.1 Å². The lowest BCUT2D eigenvalue weighted by molar-refractivity contribution is -0.155. The Morgan fingerprint density at radius 2 is 1.77 bits per heavy atom. The molecule has 0 radical (unpaired) electrons. The Kier molecular flexibility index (Phi) is 8.98. The summed E-state index contributed by atoms with van der Waals surface area (Å²) in [6, 6.07) is 5.30. The fraction of sp³-hybridized carbons (Fsp3) is 0.500. The molecule has 0 saturated carbocycles. The lowest BCUT2D eigenvalue weighted by Crippen LogP contribution is -2.37. The molecule has 1 amide bonds. The molecule has 0 aliphatic carbocycles. The van der Waals surface area contributed by atoms with Gasteiger partial charge in [0.25, 0.3) is 5.91 Å². The van der Waals surface area contributed by atoms with Gasteiger partial charge in [-0.05, 0) is 52.6 Å². The Bertz CT molecular complexity index is 1320. The van der Waals surface area contributed by atoms with Crippen LogP contribution in [-0.2, 0) is 9.53 Å². The van der Waals surface area contributed by atoms with Crippen LogP contribution < -0.4 is 25.8 Å². The number of rotatable bonds is 11. The van der Waals surface area contributed by atoms with Gasteiger partial charge in [0.15, 0.2) is 11.5 Å². The summed E-state index contributed by atoms with van der Waals surface area (Å²) in [7, 11) is 3.13. The first-order chi connectivity index (χ1) is 19.1. The Morgan fingerprint density at radius 1 is 1.10 bits per heavy atom. The fourth-order valence-corrected chi connectivity index (χ4v) is 4.73. The number of nitrogens with one attached hydrogen (secondary N) is 2. The maximum Gasteiger partial charge on any atom is 0.307 e. The SMILES string of the molecule is COc1cc(Nc2nc(NCC3CCN(CCC(=O)OC(C)(C)C)CC3)n3ccnc3c2C(N)=O)cc(OC)c1. The average molecular weight is 554 g/mol. The molecule has 2 aromatic heterocycles. The predicted molar refractivity (Wildman–Crippen MR) is 152 cm³/mol. The highest BCUT2D eigenvalue weighted by Crippen LogP contribution is 2.30. The molecule has 0 bridgehead atoms. The van der Waals surface area contributed by atoms with Crippen molar-refractivity contribution in [2.75, 3.05) is 51.0 Å². The van der Waals surface area contributed by atoms with E-state index in [9.17, 15) is 9.59 Å². The van der Waals surface area contributed by atoms with Crippen LogP contribution in [0.15, 0.2) is 30.6 Å². The molecule has 0 unspecified atom stereocenters. The summed E-state index contributed by atoms with van der Waals surface area (Å²) >= 11 is 0. The van der Waals surface area contributed by atoms with Gasteiger partial charge in [-0.25, -0.2) is 4.98 Å². The lowest BCUT2D eigenvalue weighted by atomic mass is 9.97. The highest BCUT2D eigenvalue weighted by atomic mass is 16.6. The molecule has 12 nitrogen and oxygen atoms in total. The van der Waals surface area contributed by atoms with Gasteiger partial charge in [-0.2, -0.15) is 4.98 Å². The Balaban J connectivity index is 1.44. The standard InChI is InChI=1S/C28H39N7O5/c1-28(2,3)40-22(36)8-12-34-10-6-18(7-11-34)17-31-27-33-25(23(24(29)37)26-30-9-13-35(26)27)32-19-14-20(38-4)16-21(15-19)39-5/h9,13-16,18,32H,6-8,10-12,17H2,1-5H3,(H2,29,37)(H,31,33). The zero-order valence-corrected chi connectivity index (χ0v) is 23.8. The first-order valence-electron chi connectivity index (χ1n) is 13.4. The van der Waals surface area contributed by atoms with Crippen LogP contribution in [0.2, 0.25) is 0 Å². The number of fused-ring (bicyclic) bond motifs is 1. The van der Waals surface area contributed by atoms with E-state index in [0.717, 1.165) is 25.9 Å². The van der Waals surface area contributed by atoms with Crippen LogP contribution in [0.5, 0.6) is 11.5 Å². The third-order valence-corrected chi connectivity index (χ3v) is 6.72. The van der Waals surface area contributed by atoms with Crippen LogP contribution in [0, 0.1) is 5.92 Å². The minimum atomic E-state index is -0.647. The number of hydrogen-bond acceptors (Lipinski definition) is 10. The largest absolute Gasteiger partial charge is 0.497 e. The number of piperidine rings is 1. The monoisotopic (exact) mass is 553 g/mol. The van der Waals surface area contributed by atoms with Gasteiger partial charge in [-0.15, -0.1) is 0 Å². The maximum atomic E-state index is 12.5. The second-order valence-electron chi connectivity index (χ2n) is 10.9. The lowest BCUT2D eigenvalue weighted by Gasteiger charge is -2.32. The van der Waals surface area contributed by atoms with Gasteiger partial charge in [0.2, 0.25) is 5.95 Å². The number of likely N-dealkylation sites (tertiary alicyclic amines) is 1. The molecule has 4 rings (SSSR count). The number of esters is 1. The molecule has 1 aromatic carbocycles. The predicted octanol–water partition coefficient (Wildman–Crippen LogP) is 3.44. The first kappa shape index (κ1) is 28.9. The third-order valence-electron chi connectivity index (χ3n) is 6.72. The molecule has 0 atom stereocenters. The number of primary amides is 1. The number of benzene rings is 1. The smallest absolute Gasteiger partial charge is 0.307 e. The third kappa shape index (κ3) is 7.32. The molecule has 1 aliphatic heterocycles. The Labute approximate surface area is 234 Å². The number of anilines is 3. The first-order valence-corrected chi connectivity index (χ1v) is 13.4. The summed E-state index contributed by atoms with van der Waals surface area (Å²) in [5.41, 5.74) is 6.49. The van der Waals surface area contributed by atoms with Crippen molar-refractivity contribution >= 4 is 35.0 Å². The van der Waals surface area contributed by atoms with E-state index in [1.807, 2.05) is 20.8 Å². The van der Waals surface area contributed by atoms with Gasteiger partial charge in [0.1, 0.15) is 22.7 Å². The average Bonchev–Trinajstić information content (AvgIpc) is 3.39. The van der Waals surface area contributed by atoms with Crippen molar-refractivity contribution < 1.29 is 23.8 Å². The summed E-state index contributed by atoms with van der Waals surface area (Å²) in [4.78, 5) is 35.9. The van der Waals surface area contributed by atoms with E-state index in [-0.39, 0.29) is 17.4 Å². The van der Waals surface area contributed by atoms with Crippen LogP contribution in [0.3, 0.4) is 0 Å². The van der Waals surface area contributed by atoms with Crippen molar-refractivity contribution in [1.29, 1.82) is 0 Å². The van der Waals surface area contributed by atoms with Crippen molar-refractivity contribution in [2.45, 2.75) is 45.6 Å². The fourth-order valence-electron chi connectivity index (χ4n) is 4.73. The summed E-state index contributed by atoms with van der Waals surface area (Å²) in [5, 5.41) is 6.65. The normalized spacial score (nSPS) is 14.6. The number of methoxy groups -OCH3 is 2. The molecule has 1 fully saturated rings. The van der Waals surface area contributed by atoms with E-state index >= 15 is 0 Å². The van der Waals surface area contributed by atoms with Crippen LogP contribution in [0.4, 0.5) is 17.5 Å². The topological polar surface area (TPSA) is 145 Å². The van der Waals surface area contributed by atoms with E-state index in [4.69, 9.17) is 24.9 Å². The van der Waals surface area contributed by atoms with Crippen molar-refractivity contribution in [1.82, 2.24) is 19.3 Å². The number of nitrogens with two attached hydrogens (primary N) is 1. The van der Waals surface area contributed by atoms with Gasteiger partial charge in [0.05, 0.1) is 20.6 Å². The molecule has 3 heterocycles. The number of nitrogens with zero attached hydrogens (tertiary/aromatic N) is 4. The Morgan fingerprint density at radius 3 is 2.38 bits per heavy atom. The number of carbonyl (C=O) groups is 2. The van der Waals surface area contributed by atoms with Gasteiger partial charge in [-0.1, -0.05) is 0 Å².